The first-order chi connectivity index (χ1) is 6.65. The van der Waals surface area contributed by atoms with Crippen molar-refractivity contribution in [3.05, 3.63) is 0 Å². The maximum atomic E-state index is 7.69. The summed E-state index contributed by atoms with van der Waals surface area (Å²) in [5.74, 6) is -0.563. The Labute approximate surface area is 87.6 Å². The fourth-order valence-corrected chi connectivity index (χ4v) is 2.46. The first kappa shape index (κ1) is 10.2. The van der Waals surface area contributed by atoms with Crippen LogP contribution in [0.4, 0.5) is 0 Å². The van der Waals surface area contributed by atoms with Gasteiger partial charge < -0.3 is 18.9 Å². The van der Waals surface area contributed by atoms with Gasteiger partial charge in [-0.05, 0) is 0 Å². The zero-order chi connectivity index (χ0) is 10.4. The molecule has 0 radical (unpaired) electrons. The largest absolute Gasteiger partial charge is 0.454 e. The van der Waals surface area contributed by atoms with Crippen LogP contribution in [0.5, 0.6) is 0 Å². The van der Waals surface area contributed by atoms with Crippen LogP contribution in [0.15, 0.2) is 0 Å². The smallest absolute Gasteiger partial charge is 0.384 e. The molecule has 2 aliphatic heterocycles. The standard InChI is InChI=1S/C8H13NO4S/c1-10-5-7(4-14)3-12-8(5,11-2)6(9)13-7/h5,9,14H,3-4H2,1-2H3/p+1/t5?,7?,8-/m1/s1. The van der Waals surface area contributed by atoms with Gasteiger partial charge in [-0.25, -0.2) is 0 Å². The van der Waals surface area contributed by atoms with Crippen molar-refractivity contribution in [2.45, 2.75) is 17.5 Å². The Balaban J connectivity index is 2.40. The molecule has 2 heterocycles. The molecule has 14 heavy (non-hydrogen) atoms. The highest BCUT2D eigenvalue weighted by Crippen LogP contribution is 2.45. The van der Waals surface area contributed by atoms with Gasteiger partial charge in [-0.3, -0.25) is 5.41 Å². The van der Waals surface area contributed by atoms with E-state index in [1.165, 1.54) is 7.11 Å². The molecule has 80 valence electrons. The highest BCUT2D eigenvalue weighted by molar-refractivity contribution is 7.80. The number of rotatable bonds is 3. The molecule has 2 saturated heterocycles. The number of aliphatic hydroxyl groups is 2. The van der Waals surface area contributed by atoms with E-state index in [0.29, 0.717) is 12.4 Å². The van der Waals surface area contributed by atoms with Gasteiger partial charge in [-0.15, -0.1) is 0 Å². The molecule has 0 aromatic heterocycles. The second-order valence-corrected chi connectivity index (χ2v) is 3.80. The molecular formula is C8H14NO4S+. The quantitative estimate of drug-likeness (QED) is 0.501. The molecule has 2 N–H and O–H groups in total. The van der Waals surface area contributed by atoms with Crippen LogP contribution in [-0.4, -0.2) is 54.7 Å². The molecule has 0 amide bonds. The lowest BCUT2D eigenvalue weighted by Crippen LogP contribution is -2.49. The molecular weight excluding hydrogens is 206 g/mol. The molecule has 3 atom stereocenters. The summed E-state index contributed by atoms with van der Waals surface area (Å²) in [6.07, 6.45) is -0.370. The fourth-order valence-electron chi connectivity index (χ4n) is 2.13. The van der Waals surface area contributed by atoms with E-state index in [2.05, 4.69) is 17.4 Å². The molecule has 5 nitrogen and oxygen atoms in total. The third kappa shape index (κ3) is 0.942. The molecule has 0 saturated carbocycles. The maximum Gasteiger partial charge on any atom is 0.384 e. The number of fused-ring (bicyclic) bond motifs is 2. The second kappa shape index (κ2) is 3.10. The SMILES string of the molecule is COC1C2(CS)C[OH+][C@@]1(OC)C(=N)O2. The molecule has 0 aromatic carbocycles. The topological polar surface area (TPSA) is 64.3 Å². The number of thiol groups is 1. The summed E-state index contributed by atoms with van der Waals surface area (Å²) in [7, 11) is 3.08. The summed E-state index contributed by atoms with van der Waals surface area (Å²) in [6.45, 7) is 0.464. The number of hydrogen-bond acceptors (Lipinski definition) is 5. The van der Waals surface area contributed by atoms with Gasteiger partial charge >= 0.3 is 11.7 Å². The van der Waals surface area contributed by atoms with E-state index in [1.54, 1.807) is 7.11 Å². The number of hydrogen-bond donors (Lipinski definition) is 2. The molecule has 2 rings (SSSR count). The molecule has 2 aliphatic rings. The van der Waals surface area contributed by atoms with Gasteiger partial charge in [0.15, 0.2) is 6.61 Å². The van der Waals surface area contributed by atoms with Gasteiger partial charge in [0.05, 0.1) is 0 Å². The average Bonchev–Trinajstić information content (AvgIpc) is 2.65. The summed E-state index contributed by atoms with van der Waals surface area (Å²) in [5.41, 5.74) is -0.620. The van der Waals surface area contributed by atoms with E-state index in [-0.39, 0.29) is 12.0 Å². The summed E-state index contributed by atoms with van der Waals surface area (Å²) in [5, 5.41) is 7.69. The van der Waals surface area contributed by atoms with Gasteiger partial charge in [0.1, 0.15) is 0 Å². The molecule has 0 spiro atoms. The number of nitrogens with one attached hydrogen (secondary N) is 1. The first-order valence-corrected chi connectivity index (χ1v) is 4.94. The van der Waals surface area contributed by atoms with Crippen molar-refractivity contribution in [3.8, 4) is 0 Å². The van der Waals surface area contributed by atoms with Crippen molar-refractivity contribution in [1.29, 1.82) is 5.41 Å². The Morgan fingerprint density at radius 2 is 2.43 bits per heavy atom. The Kier molecular flexibility index (Phi) is 2.26. The molecule has 0 aromatic rings. The summed E-state index contributed by atoms with van der Waals surface area (Å²) in [4.78, 5) is 0. The van der Waals surface area contributed by atoms with E-state index in [9.17, 15) is 0 Å². The van der Waals surface area contributed by atoms with Gasteiger partial charge in [0.25, 0.3) is 0 Å². The van der Waals surface area contributed by atoms with E-state index >= 15 is 0 Å². The minimum Gasteiger partial charge on any atom is -0.454 e. The van der Waals surface area contributed by atoms with Crippen LogP contribution in [-0.2, 0) is 14.2 Å². The van der Waals surface area contributed by atoms with E-state index in [1.807, 2.05) is 0 Å². The molecule has 2 bridgehead atoms. The Morgan fingerprint density at radius 1 is 1.71 bits per heavy atom. The van der Waals surface area contributed by atoms with Crippen molar-refractivity contribution < 1.29 is 18.9 Å². The predicted molar refractivity (Wildman–Crippen MR) is 53.0 cm³/mol. The van der Waals surface area contributed by atoms with Crippen molar-refractivity contribution >= 4 is 18.5 Å². The third-order valence-corrected chi connectivity index (χ3v) is 3.40. The molecule has 2 fully saturated rings. The summed E-state index contributed by atoms with van der Waals surface area (Å²) in [6, 6.07) is 0. The van der Waals surface area contributed by atoms with Crippen LogP contribution in [0, 0.1) is 5.41 Å². The third-order valence-electron chi connectivity index (χ3n) is 2.86. The lowest BCUT2D eigenvalue weighted by Gasteiger charge is -2.23. The van der Waals surface area contributed by atoms with E-state index < -0.39 is 11.4 Å². The normalized spacial score (nSPS) is 45.6. The van der Waals surface area contributed by atoms with Gasteiger partial charge in [0, 0.05) is 20.0 Å². The Morgan fingerprint density at radius 3 is 2.86 bits per heavy atom. The van der Waals surface area contributed by atoms with Gasteiger partial charge in [-0.2, -0.15) is 12.6 Å². The predicted octanol–water partition coefficient (Wildman–Crippen LogP) is -0.438. The fraction of sp³-hybridized carbons (Fsp3) is 0.875. The second-order valence-electron chi connectivity index (χ2n) is 3.49. The molecule has 2 unspecified atom stereocenters. The average molecular weight is 220 g/mol. The highest BCUT2D eigenvalue weighted by atomic mass is 32.1. The van der Waals surface area contributed by atoms with Crippen LogP contribution < -0.4 is 0 Å². The van der Waals surface area contributed by atoms with Crippen molar-refractivity contribution in [3.63, 3.8) is 0 Å². The van der Waals surface area contributed by atoms with E-state index in [0.717, 1.165) is 0 Å². The number of methoxy groups -OCH3 is 2. The summed E-state index contributed by atoms with van der Waals surface area (Å²) >= 11 is 4.22. The summed E-state index contributed by atoms with van der Waals surface area (Å²) < 4.78 is 20.3. The zero-order valence-corrected chi connectivity index (χ0v) is 9.01. The highest BCUT2D eigenvalue weighted by Gasteiger charge is 2.76. The van der Waals surface area contributed by atoms with E-state index in [4.69, 9.17) is 19.6 Å². The Bertz CT molecular complexity index is 274. The van der Waals surface area contributed by atoms with Crippen molar-refractivity contribution in [1.82, 2.24) is 0 Å². The first-order valence-electron chi connectivity index (χ1n) is 4.31. The van der Waals surface area contributed by atoms with Crippen molar-refractivity contribution in [2.24, 2.45) is 0 Å². The van der Waals surface area contributed by atoms with Gasteiger partial charge in [-0.1, -0.05) is 0 Å². The lowest BCUT2D eigenvalue weighted by atomic mass is 10.00. The van der Waals surface area contributed by atoms with Gasteiger partial charge in [0.2, 0.25) is 11.7 Å². The maximum absolute atomic E-state index is 7.69. The Hall–Kier alpha value is -0.300. The lowest BCUT2D eigenvalue weighted by molar-refractivity contribution is -0.275. The number of ether oxygens (including phenoxy) is 4. The van der Waals surface area contributed by atoms with Crippen LogP contribution in [0.3, 0.4) is 0 Å². The van der Waals surface area contributed by atoms with Crippen LogP contribution in [0.2, 0.25) is 0 Å². The van der Waals surface area contributed by atoms with Crippen LogP contribution in [0.25, 0.3) is 0 Å². The van der Waals surface area contributed by atoms with Crippen molar-refractivity contribution in [2.75, 3.05) is 26.6 Å². The minimum atomic E-state index is -1.04. The monoisotopic (exact) mass is 220 g/mol. The zero-order valence-electron chi connectivity index (χ0n) is 8.11. The van der Waals surface area contributed by atoms with Crippen LogP contribution >= 0.6 is 12.6 Å². The van der Waals surface area contributed by atoms with Crippen LogP contribution in [0.1, 0.15) is 0 Å². The minimum absolute atomic E-state index is 0.0205. The molecule has 0 aliphatic carbocycles. The molecule has 6 heteroatoms.